The first kappa shape index (κ1) is 17.2. The molecule has 1 heterocycles. The average molecular weight is 318 g/mol. The number of nitrogens with zero attached hydrogens (tertiary/aromatic N) is 1. The molecule has 0 spiro atoms. The lowest BCUT2D eigenvalue weighted by atomic mass is 9.97. The second kappa shape index (κ2) is 7.42. The normalized spacial score (nSPS) is 18.4. The first-order chi connectivity index (χ1) is 10.4. The molecule has 0 saturated carbocycles. The predicted molar refractivity (Wildman–Crippen MR) is 78.1 cm³/mol. The number of hydrogen-bond donors (Lipinski definition) is 1. The third kappa shape index (κ3) is 4.20. The third-order valence-corrected chi connectivity index (χ3v) is 4.11. The van der Waals surface area contributed by atoms with Gasteiger partial charge >= 0.3 is 6.18 Å². The number of unbranched alkanes of at least 4 members (excludes halogenated alkanes) is 1. The van der Waals surface area contributed by atoms with E-state index in [-0.39, 0.29) is 6.04 Å². The van der Waals surface area contributed by atoms with Crippen LogP contribution >= 0.6 is 0 Å². The molecular weight excluding hydrogens is 296 g/mol. The van der Waals surface area contributed by atoms with Crippen molar-refractivity contribution in [2.45, 2.75) is 38.4 Å². The first-order valence-corrected chi connectivity index (χ1v) is 7.75. The summed E-state index contributed by atoms with van der Waals surface area (Å²) in [7, 11) is 0. The molecule has 0 radical (unpaired) electrons. The standard InChI is InChI=1S/C16H22F4N2/c1-2-3-4-15(22-9-7-21-8-10-22)12-5-6-13(14(17)11-12)16(18,19)20/h5-6,11,15,21H,2-4,7-10H2,1H3/t15-/m1/s1. The van der Waals surface area contributed by atoms with E-state index in [0.717, 1.165) is 57.6 Å². The molecule has 2 rings (SSSR count). The van der Waals surface area contributed by atoms with E-state index in [1.54, 1.807) is 0 Å². The van der Waals surface area contributed by atoms with Crippen molar-refractivity contribution in [1.82, 2.24) is 10.2 Å². The number of piperazine rings is 1. The third-order valence-electron chi connectivity index (χ3n) is 4.11. The molecule has 0 unspecified atom stereocenters. The largest absolute Gasteiger partial charge is 0.419 e. The zero-order chi connectivity index (χ0) is 16.2. The van der Waals surface area contributed by atoms with Crippen LogP contribution in [0.5, 0.6) is 0 Å². The highest BCUT2D eigenvalue weighted by Crippen LogP contribution is 2.34. The quantitative estimate of drug-likeness (QED) is 0.826. The average Bonchev–Trinajstić information content (AvgIpc) is 2.47. The van der Waals surface area contributed by atoms with Gasteiger partial charge in [-0.25, -0.2) is 4.39 Å². The van der Waals surface area contributed by atoms with Crippen LogP contribution in [0.2, 0.25) is 0 Å². The van der Waals surface area contributed by atoms with E-state index in [4.69, 9.17) is 0 Å². The lowest BCUT2D eigenvalue weighted by Gasteiger charge is -2.35. The van der Waals surface area contributed by atoms with Crippen LogP contribution in [-0.4, -0.2) is 31.1 Å². The van der Waals surface area contributed by atoms with Crippen molar-refractivity contribution in [3.05, 3.63) is 35.1 Å². The highest BCUT2D eigenvalue weighted by molar-refractivity contribution is 5.28. The Morgan fingerprint density at radius 3 is 2.45 bits per heavy atom. The Morgan fingerprint density at radius 1 is 1.23 bits per heavy atom. The lowest BCUT2D eigenvalue weighted by Crippen LogP contribution is -2.45. The highest BCUT2D eigenvalue weighted by Gasteiger charge is 2.34. The molecule has 1 aromatic rings. The Balaban J connectivity index is 2.24. The molecule has 0 aliphatic carbocycles. The van der Waals surface area contributed by atoms with Gasteiger partial charge in [-0.05, 0) is 24.1 Å². The van der Waals surface area contributed by atoms with Crippen molar-refractivity contribution in [3.63, 3.8) is 0 Å². The Bertz CT molecular complexity index is 482. The topological polar surface area (TPSA) is 15.3 Å². The summed E-state index contributed by atoms with van der Waals surface area (Å²) < 4.78 is 51.9. The van der Waals surface area contributed by atoms with Crippen LogP contribution in [0.15, 0.2) is 18.2 Å². The molecule has 0 bridgehead atoms. The van der Waals surface area contributed by atoms with Gasteiger partial charge in [0.2, 0.25) is 0 Å². The Kier molecular flexibility index (Phi) is 5.81. The molecular formula is C16H22F4N2. The van der Waals surface area contributed by atoms with Gasteiger partial charge in [-0.2, -0.15) is 13.2 Å². The zero-order valence-electron chi connectivity index (χ0n) is 12.7. The van der Waals surface area contributed by atoms with Crippen molar-refractivity contribution in [2.75, 3.05) is 26.2 Å². The van der Waals surface area contributed by atoms with E-state index in [9.17, 15) is 17.6 Å². The van der Waals surface area contributed by atoms with Crippen molar-refractivity contribution in [3.8, 4) is 0 Å². The first-order valence-electron chi connectivity index (χ1n) is 7.75. The second-order valence-electron chi connectivity index (χ2n) is 5.68. The molecule has 6 heteroatoms. The molecule has 2 nitrogen and oxygen atoms in total. The van der Waals surface area contributed by atoms with Crippen LogP contribution in [0.3, 0.4) is 0 Å². The summed E-state index contributed by atoms with van der Waals surface area (Å²) in [6.07, 6.45) is -1.83. The summed E-state index contributed by atoms with van der Waals surface area (Å²) in [5.74, 6) is -1.18. The number of hydrogen-bond acceptors (Lipinski definition) is 2. The van der Waals surface area contributed by atoms with Gasteiger partial charge in [0.15, 0.2) is 0 Å². The summed E-state index contributed by atoms with van der Waals surface area (Å²) in [6.45, 7) is 5.44. The van der Waals surface area contributed by atoms with Crippen LogP contribution in [0, 0.1) is 5.82 Å². The Morgan fingerprint density at radius 2 is 1.91 bits per heavy atom. The summed E-state index contributed by atoms with van der Waals surface area (Å²) in [4.78, 5) is 2.23. The van der Waals surface area contributed by atoms with Crippen molar-refractivity contribution in [2.24, 2.45) is 0 Å². The van der Waals surface area contributed by atoms with Crippen molar-refractivity contribution < 1.29 is 17.6 Å². The van der Waals surface area contributed by atoms with Gasteiger partial charge in [0.1, 0.15) is 5.82 Å². The molecule has 0 aromatic heterocycles. The molecule has 1 aliphatic rings. The predicted octanol–water partition coefficient (Wildman–Crippen LogP) is 3.98. The van der Waals surface area contributed by atoms with E-state index in [1.807, 2.05) is 0 Å². The minimum absolute atomic E-state index is 0.0150. The molecule has 1 fully saturated rings. The maximum atomic E-state index is 13.8. The van der Waals surface area contributed by atoms with Gasteiger partial charge < -0.3 is 5.32 Å². The van der Waals surface area contributed by atoms with Crippen molar-refractivity contribution >= 4 is 0 Å². The summed E-state index contributed by atoms with van der Waals surface area (Å²) in [5.41, 5.74) is -0.549. The fraction of sp³-hybridized carbons (Fsp3) is 0.625. The molecule has 1 atom stereocenters. The Labute approximate surface area is 128 Å². The molecule has 1 aromatic carbocycles. The van der Waals surface area contributed by atoms with Gasteiger partial charge in [0.05, 0.1) is 5.56 Å². The fourth-order valence-corrected chi connectivity index (χ4v) is 2.92. The van der Waals surface area contributed by atoms with Crippen LogP contribution in [-0.2, 0) is 6.18 Å². The van der Waals surface area contributed by atoms with Gasteiger partial charge in [-0.1, -0.05) is 25.8 Å². The smallest absolute Gasteiger partial charge is 0.314 e. The van der Waals surface area contributed by atoms with E-state index in [0.29, 0.717) is 5.56 Å². The maximum Gasteiger partial charge on any atom is 0.419 e. The van der Waals surface area contributed by atoms with Crippen LogP contribution in [0.4, 0.5) is 17.6 Å². The van der Waals surface area contributed by atoms with Crippen LogP contribution < -0.4 is 5.32 Å². The van der Waals surface area contributed by atoms with Crippen LogP contribution in [0.1, 0.15) is 43.4 Å². The molecule has 22 heavy (non-hydrogen) atoms. The number of nitrogens with one attached hydrogen (secondary N) is 1. The monoisotopic (exact) mass is 318 g/mol. The molecule has 124 valence electrons. The van der Waals surface area contributed by atoms with Crippen molar-refractivity contribution in [1.29, 1.82) is 0 Å². The van der Waals surface area contributed by atoms with E-state index < -0.39 is 17.6 Å². The number of benzene rings is 1. The molecule has 0 amide bonds. The van der Waals surface area contributed by atoms with Gasteiger partial charge in [0, 0.05) is 32.2 Å². The summed E-state index contributed by atoms with van der Waals surface area (Å²) in [6, 6.07) is 3.34. The summed E-state index contributed by atoms with van der Waals surface area (Å²) >= 11 is 0. The van der Waals surface area contributed by atoms with Gasteiger partial charge in [-0.3, -0.25) is 4.90 Å². The minimum Gasteiger partial charge on any atom is -0.314 e. The Hall–Kier alpha value is -1.14. The van der Waals surface area contributed by atoms with E-state index >= 15 is 0 Å². The van der Waals surface area contributed by atoms with E-state index in [2.05, 4.69) is 17.1 Å². The number of alkyl halides is 3. The lowest BCUT2D eigenvalue weighted by molar-refractivity contribution is -0.140. The summed E-state index contributed by atoms with van der Waals surface area (Å²) in [5, 5.41) is 3.25. The number of halogens is 4. The second-order valence-corrected chi connectivity index (χ2v) is 5.68. The minimum atomic E-state index is -4.64. The van der Waals surface area contributed by atoms with Crippen LogP contribution in [0.25, 0.3) is 0 Å². The maximum absolute atomic E-state index is 13.8. The SMILES string of the molecule is CCCC[C@H](c1ccc(C(F)(F)F)c(F)c1)N1CCNCC1. The van der Waals surface area contributed by atoms with Gasteiger partial charge in [0.25, 0.3) is 0 Å². The fourth-order valence-electron chi connectivity index (χ4n) is 2.92. The molecule has 1 aliphatic heterocycles. The molecule has 1 saturated heterocycles. The molecule has 1 N–H and O–H groups in total. The van der Waals surface area contributed by atoms with Gasteiger partial charge in [-0.15, -0.1) is 0 Å². The highest BCUT2D eigenvalue weighted by atomic mass is 19.4. The number of rotatable bonds is 5. The zero-order valence-corrected chi connectivity index (χ0v) is 12.7. The van der Waals surface area contributed by atoms with E-state index in [1.165, 1.54) is 6.07 Å².